The Morgan fingerprint density at radius 3 is 0.984 bits per heavy atom. The molecule has 0 bridgehead atoms. The molecule has 0 fully saturated rings. The van der Waals surface area contributed by atoms with E-state index >= 15 is 0 Å². The maximum absolute atomic E-state index is 9.75. The first kappa shape index (κ1) is 49.7. The summed E-state index contributed by atoms with van der Waals surface area (Å²) in [6.07, 6.45) is 3.42. The summed E-state index contributed by atoms with van der Waals surface area (Å²) in [7, 11) is -8.56. The van der Waals surface area contributed by atoms with Crippen molar-refractivity contribution >= 4 is 78.1 Å². The zero-order valence-electron chi connectivity index (χ0n) is 33.5. The molecular formula is C47H42BCl2CuF4N4OP2+2. The van der Waals surface area contributed by atoms with Crippen LogP contribution >= 0.6 is 39.0 Å². The average Bonchev–Trinajstić information content (AvgIpc) is 3.27. The topological polar surface area (TPSA) is 60.8 Å². The fraction of sp³-hybridized carbons (Fsp3) is 0.0638. The van der Waals surface area contributed by atoms with Crippen molar-refractivity contribution in [3.63, 3.8) is 0 Å². The van der Waals surface area contributed by atoms with E-state index in [1.165, 1.54) is 31.8 Å². The number of ether oxygens (including phenoxy) is 1. The Balaban J connectivity index is 0.000000303. The molecule has 62 heavy (non-hydrogen) atoms. The van der Waals surface area contributed by atoms with Gasteiger partial charge in [-0.05, 0) is 98.8 Å². The summed E-state index contributed by atoms with van der Waals surface area (Å²) in [6.45, 7) is 3.84. The van der Waals surface area contributed by atoms with Crippen LogP contribution in [0.2, 0.25) is 0 Å². The molecule has 0 unspecified atom stereocenters. The molecule has 0 atom stereocenters. The van der Waals surface area contributed by atoms with Crippen molar-refractivity contribution in [1.29, 1.82) is 0 Å². The van der Waals surface area contributed by atoms with Gasteiger partial charge in [-0.15, -0.1) is 23.2 Å². The number of alkyl halides is 2. The number of hydrogen-bond acceptors (Lipinski definition) is 5. The summed E-state index contributed by atoms with van der Waals surface area (Å²) < 4.78 is 45.9. The van der Waals surface area contributed by atoms with Crippen molar-refractivity contribution in [3.8, 4) is 23.1 Å². The maximum atomic E-state index is 9.75. The molecule has 0 saturated carbocycles. The van der Waals surface area contributed by atoms with Crippen molar-refractivity contribution in [3.05, 3.63) is 206 Å². The monoisotopic (exact) mass is 960 g/mol. The first-order chi connectivity index (χ1) is 29.6. The molecule has 5 nitrogen and oxygen atoms in total. The normalized spacial score (nSPS) is 10.5. The second-order valence-corrected chi connectivity index (χ2v) is 18.6. The van der Waals surface area contributed by atoms with Crippen molar-refractivity contribution in [2.45, 2.75) is 13.8 Å². The number of rotatable bonds is 9. The molecular weight excluding hydrogens is 920 g/mol. The summed E-state index contributed by atoms with van der Waals surface area (Å²) in [6, 6.07) is 64.3. The number of aryl methyl sites for hydroxylation is 2. The van der Waals surface area contributed by atoms with E-state index in [0.717, 1.165) is 22.9 Å². The number of hydrogen-bond donors (Lipinski definition) is 0. The zero-order chi connectivity index (χ0) is 43.5. The van der Waals surface area contributed by atoms with Gasteiger partial charge in [-0.3, -0.25) is 0 Å². The molecule has 0 aliphatic rings. The van der Waals surface area contributed by atoms with Crippen molar-refractivity contribution < 1.29 is 39.1 Å². The molecule has 8 rings (SSSR count). The van der Waals surface area contributed by atoms with Crippen LogP contribution in [0.3, 0.4) is 0 Å². The van der Waals surface area contributed by atoms with Crippen molar-refractivity contribution in [2.24, 2.45) is 0 Å². The van der Waals surface area contributed by atoms with E-state index in [1.54, 1.807) is 12.4 Å². The van der Waals surface area contributed by atoms with Crippen LogP contribution in [0.15, 0.2) is 194 Å². The summed E-state index contributed by atoms with van der Waals surface area (Å²) in [4.78, 5) is 16.7. The Morgan fingerprint density at radius 1 is 0.452 bits per heavy atom. The van der Waals surface area contributed by atoms with Gasteiger partial charge in [0.25, 0.3) is 0 Å². The number of nitrogens with zero attached hydrogens (tertiary/aromatic N) is 4. The minimum absolute atomic E-state index is 0. The van der Waals surface area contributed by atoms with Crippen LogP contribution in [0.1, 0.15) is 11.4 Å². The Labute approximate surface area is 383 Å². The van der Waals surface area contributed by atoms with Crippen LogP contribution in [0.5, 0.6) is 11.5 Å². The smallest absolute Gasteiger partial charge is 0.449 e. The fourth-order valence-electron chi connectivity index (χ4n) is 6.13. The van der Waals surface area contributed by atoms with Crippen molar-refractivity contribution in [2.75, 3.05) is 5.34 Å². The van der Waals surface area contributed by atoms with Gasteiger partial charge in [-0.25, -0.2) is 19.9 Å². The molecule has 0 saturated heterocycles. The van der Waals surface area contributed by atoms with Gasteiger partial charge in [0.15, 0.2) is 23.1 Å². The number of para-hydroxylation sites is 2. The molecule has 6 aromatic carbocycles. The molecule has 8 aromatic rings. The van der Waals surface area contributed by atoms with E-state index in [0.29, 0.717) is 11.6 Å². The molecule has 0 radical (unpaired) electrons. The predicted molar refractivity (Wildman–Crippen MR) is 252 cm³/mol. The van der Waals surface area contributed by atoms with Crippen LogP contribution in [-0.4, -0.2) is 32.5 Å². The number of halogens is 6. The van der Waals surface area contributed by atoms with E-state index in [2.05, 4.69) is 190 Å². The minimum Gasteiger partial charge on any atom is -0.449 e. The molecule has 0 spiro atoms. The number of aromatic nitrogens is 4. The van der Waals surface area contributed by atoms with Crippen molar-refractivity contribution in [1.82, 2.24) is 19.9 Å². The second-order valence-electron chi connectivity index (χ2n) is 12.9. The Hall–Kier alpha value is -4.98. The molecule has 2 aromatic heterocycles. The molecule has 320 valence electrons. The van der Waals surface area contributed by atoms with Gasteiger partial charge in [0.05, 0.1) is 5.34 Å². The Bertz CT molecular complexity index is 2270. The molecule has 2 heterocycles. The van der Waals surface area contributed by atoms with Gasteiger partial charge in [0.2, 0.25) is 0 Å². The van der Waals surface area contributed by atoms with E-state index in [9.17, 15) is 17.3 Å². The first-order valence-electron chi connectivity index (χ1n) is 19.0. The minimum atomic E-state index is -6.00. The van der Waals surface area contributed by atoms with E-state index in [-0.39, 0.29) is 22.4 Å². The predicted octanol–water partition coefficient (Wildman–Crippen LogP) is 10.7. The zero-order valence-corrected chi connectivity index (χ0v) is 38.0. The summed E-state index contributed by atoms with van der Waals surface area (Å²) in [5.41, 5.74) is 1.83. The Morgan fingerprint density at radius 2 is 0.710 bits per heavy atom. The molecule has 0 amide bonds. The first-order valence-corrected chi connectivity index (χ1v) is 23.0. The van der Waals surface area contributed by atoms with Gasteiger partial charge < -0.3 is 22.0 Å². The van der Waals surface area contributed by atoms with Crippen LogP contribution in [0.4, 0.5) is 17.3 Å². The summed E-state index contributed by atoms with van der Waals surface area (Å²) in [5.74, 6) is 3.01. The number of benzene rings is 6. The third-order valence-electron chi connectivity index (χ3n) is 8.57. The van der Waals surface area contributed by atoms with Gasteiger partial charge >= 0.3 is 24.3 Å². The van der Waals surface area contributed by atoms with E-state index in [1.807, 2.05) is 26.0 Å². The standard InChI is InChI=1S/C36H28OP2.C10H10N4.CH2Cl2.BF4.Cu/c1-5-17-29(18-6-1)38(30-19-7-2-8-20-30)35-27-15-13-25-33(35)37-34-26-14-16-28-36(34)39(31-21-9-3-10-22-31)32-23-11-4-12-24-32;1-7-3-5-11-9(13-7)10-12-6-4-8(2)14-10;2-1-3;2-1(3,4)5;/h1-28H;3-6H,1-2H3;1H2;;/q;;;-1;+1/p+2. The van der Waals surface area contributed by atoms with Crippen LogP contribution < -0.4 is 36.6 Å². The maximum Gasteiger partial charge on any atom is 1.00 e. The van der Waals surface area contributed by atoms with Gasteiger partial charge in [0, 0.05) is 23.8 Å². The third kappa shape index (κ3) is 15.7. The van der Waals surface area contributed by atoms with E-state index in [4.69, 9.17) is 27.9 Å². The quantitative estimate of drug-likeness (QED) is 0.0624. The molecule has 0 aliphatic carbocycles. The third-order valence-corrected chi connectivity index (χ3v) is 14.1. The molecule has 15 heteroatoms. The SMILES string of the molecule is Cc1ccnc(-c2nccc(C)n2)n1.ClCCl.F[B-](F)(F)F.[Cu+].c1ccc([PH+](c2ccccc2)c2ccccc2Oc2ccccc2[PH+](c2ccccc2)c2ccccc2)cc1. The van der Waals surface area contributed by atoms with Gasteiger partial charge in [-0.1, -0.05) is 97.1 Å². The Kier molecular flexibility index (Phi) is 20.7. The summed E-state index contributed by atoms with van der Waals surface area (Å²) in [5, 5.41) is 8.08. The largest absolute Gasteiger partial charge is 1.00 e. The molecule has 0 aliphatic heterocycles. The van der Waals surface area contributed by atoms with Crippen LogP contribution in [-0.2, 0) is 17.1 Å². The van der Waals surface area contributed by atoms with Crippen LogP contribution in [0.25, 0.3) is 11.6 Å². The van der Waals surface area contributed by atoms with E-state index < -0.39 is 23.1 Å². The fourth-order valence-corrected chi connectivity index (χ4v) is 11.4. The molecule has 0 N–H and O–H groups in total. The van der Waals surface area contributed by atoms with Crippen LogP contribution in [0, 0.1) is 13.8 Å². The van der Waals surface area contributed by atoms with Gasteiger partial charge in [-0.2, -0.15) is 0 Å². The van der Waals surface area contributed by atoms with Gasteiger partial charge in [0.1, 0.15) is 47.7 Å². The second kappa shape index (κ2) is 25.8. The average molecular weight is 962 g/mol. The summed E-state index contributed by atoms with van der Waals surface area (Å²) >= 11 is 9.53.